The van der Waals surface area contributed by atoms with Gasteiger partial charge in [0.05, 0.1) is 11.7 Å². The molecule has 1 aliphatic rings. The first-order valence-electron chi connectivity index (χ1n) is 6.62. The van der Waals surface area contributed by atoms with Crippen LogP contribution in [0.3, 0.4) is 0 Å². The monoisotopic (exact) mass is 250 g/mol. The molecular formula is C15H22O3. The molecule has 1 atom stereocenters. The predicted octanol–water partition coefficient (Wildman–Crippen LogP) is 3.47. The van der Waals surface area contributed by atoms with Gasteiger partial charge in [0, 0.05) is 6.61 Å². The molecule has 18 heavy (non-hydrogen) atoms. The minimum absolute atomic E-state index is 0.0305. The number of carbonyl (C=O) groups is 1. The third-order valence-electron chi connectivity index (χ3n) is 2.72. The van der Waals surface area contributed by atoms with Crippen molar-refractivity contribution in [2.24, 2.45) is 0 Å². The maximum absolute atomic E-state index is 11.4. The van der Waals surface area contributed by atoms with E-state index in [9.17, 15) is 4.79 Å². The molecule has 1 aliphatic heterocycles. The minimum Gasteiger partial charge on any atom is -0.490 e. The van der Waals surface area contributed by atoms with Gasteiger partial charge < -0.3 is 9.47 Å². The minimum atomic E-state index is 0.0305. The summed E-state index contributed by atoms with van der Waals surface area (Å²) in [5.41, 5.74) is 0.639. The van der Waals surface area contributed by atoms with Gasteiger partial charge in [0.1, 0.15) is 12.4 Å². The zero-order valence-corrected chi connectivity index (χ0v) is 11.4. The van der Waals surface area contributed by atoms with Crippen LogP contribution in [0.1, 0.15) is 44.0 Å². The highest BCUT2D eigenvalue weighted by Gasteiger charge is 2.17. The van der Waals surface area contributed by atoms with E-state index in [0.717, 1.165) is 19.4 Å². The molecule has 0 bridgehead atoms. The lowest BCUT2D eigenvalue weighted by Crippen LogP contribution is -2.17. The molecule has 3 heteroatoms. The van der Waals surface area contributed by atoms with Gasteiger partial charge in [-0.15, -0.1) is 0 Å². The van der Waals surface area contributed by atoms with Crippen LogP contribution >= 0.6 is 0 Å². The number of ether oxygens (including phenoxy) is 2. The highest BCUT2D eigenvalue weighted by molar-refractivity contribution is 5.96. The summed E-state index contributed by atoms with van der Waals surface area (Å²) in [6, 6.07) is 7.33. The van der Waals surface area contributed by atoms with Crippen molar-refractivity contribution >= 4 is 5.78 Å². The van der Waals surface area contributed by atoms with Crippen LogP contribution in [0.5, 0.6) is 5.75 Å². The second-order valence-electron chi connectivity index (χ2n) is 4.00. The van der Waals surface area contributed by atoms with Crippen molar-refractivity contribution in [3.63, 3.8) is 0 Å². The van der Waals surface area contributed by atoms with Crippen LogP contribution in [0.25, 0.3) is 0 Å². The first-order chi connectivity index (χ1) is 8.77. The third-order valence-corrected chi connectivity index (χ3v) is 2.72. The molecule has 0 N–H and O–H groups in total. The zero-order valence-electron chi connectivity index (χ0n) is 11.4. The Kier molecular flexibility index (Phi) is 6.44. The fourth-order valence-electron chi connectivity index (χ4n) is 1.84. The maximum atomic E-state index is 11.4. The number of rotatable bonds is 4. The predicted molar refractivity (Wildman–Crippen MR) is 72.3 cm³/mol. The number of carbonyl (C=O) groups excluding carboxylic acids is 1. The van der Waals surface area contributed by atoms with Crippen LogP contribution in [0.15, 0.2) is 24.3 Å². The lowest BCUT2D eigenvalue weighted by atomic mass is 10.1. The maximum Gasteiger partial charge on any atom is 0.163 e. The average molecular weight is 250 g/mol. The highest BCUT2D eigenvalue weighted by atomic mass is 16.5. The van der Waals surface area contributed by atoms with Crippen LogP contribution < -0.4 is 4.74 Å². The van der Waals surface area contributed by atoms with Crippen LogP contribution in [0, 0.1) is 0 Å². The van der Waals surface area contributed by atoms with Crippen LogP contribution in [-0.4, -0.2) is 25.1 Å². The number of benzene rings is 1. The van der Waals surface area contributed by atoms with E-state index in [-0.39, 0.29) is 11.9 Å². The molecule has 0 aromatic heterocycles. The molecular weight excluding hydrogens is 228 g/mol. The number of hydrogen-bond donors (Lipinski definition) is 0. The number of ketones is 1. The molecule has 0 spiro atoms. The van der Waals surface area contributed by atoms with Crippen LogP contribution in [0.4, 0.5) is 0 Å². The highest BCUT2D eigenvalue weighted by Crippen LogP contribution is 2.20. The molecule has 0 aliphatic carbocycles. The van der Waals surface area contributed by atoms with Gasteiger partial charge in [-0.3, -0.25) is 4.79 Å². The van der Waals surface area contributed by atoms with E-state index in [1.165, 1.54) is 0 Å². The zero-order chi connectivity index (χ0) is 13.4. The Morgan fingerprint density at radius 1 is 1.39 bits per heavy atom. The molecule has 0 saturated carbocycles. The Morgan fingerprint density at radius 3 is 2.72 bits per heavy atom. The van der Waals surface area contributed by atoms with Crippen LogP contribution in [-0.2, 0) is 4.74 Å². The van der Waals surface area contributed by atoms with Gasteiger partial charge in [-0.1, -0.05) is 26.0 Å². The summed E-state index contributed by atoms with van der Waals surface area (Å²) in [5, 5.41) is 0. The van der Waals surface area contributed by atoms with E-state index in [0.29, 0.717) is 17.9 Å². The molecule has 1 heterocycles. The second-order valence-corrected chi connectivity index (χ2v) is 4.00. The molecule has 0 amide bonds. The van der Waals surface area contributed by atoms with Crippen molar-refractivity contribution < 1.29 is 14.3 Å². The van der Waals surface area contributed by atoms with Crippen molar-refractivity contribution in [1.82, 2.24) is 0 Å². The van der Waals surface area contributed by atoms with Crippen molar-refractivity contribution in [2.75, 3.05) is 13.2 Å². The molecule has 100 valence electrons. The number of Topliss-reactive ketones (excluding diaryl/α,β-unsaturated/α-hetero) is 1. The fourth-order valence-corrected chi connectivity index (χ4v) is 1.84. The first kappa shape index (κ1) is 14.7. The van der Waals surface area contributed by atoms with Crippen LogP contribution in [0.2, 0.25) is 0 Å². The molecule has 3 nitrogen and oxygen atoms in total. The lowest BCUT2D eigenvalue weighted by molar-refractivity contribution is 0.0672. The van der Waals surface area contributed by atoms with Gasteiger partial charge in [0.15, 0.2) is 5.78 Å². The van der Waals surface area contributed by atoms with Crippen molar-refractivity contribution in [2.45, 2.75) is 39.7 Å². The largest absolute Gasteiger partial charge is 0.490 e. The topological polar surface area (TPSA) is 35.5 Å². The Balaban J connectivity index is 0.000000771. The van der Waals surface area contributed by atoms with Crippen molar-refractivity contribution in [1.29, 1.82) is 0 Å². The summed E-state index contributed by atoms with van der Waals surface area (Å²) in [7, 11) is 0. The van der Waals surface area contributed by atoms with Gasteiger partial charge >= 0.3 is 0 Å². The van der Waals surface area contributed by atoms with Gasteiger partial charge in [-0.2, -0.15) is 0 Å². The lowest BCUT2D eigenvalue weighted by Gasteiger charge is -2.13. The van der Waals surface area contributed by atoms with E-state index in [1.807, 2.05) is 32.0 Å². The second kappa shape index (κ2) is 7.88. The van der Waals surface area contributed by atoms with E-state index in [4.69, 9.17) is 9.47 Å². The molecule has 0 radical (unpaired) electrons. The Morgan fingerprint density at radius 2 is 2.11 bits per heavy atom. The number of para-hydroxylation sites is 1. The SMILES string of the molecule is CC.CC(=O)c1ccccc1OCC1CCCO1. The fraction of sp³-hybridized carbons (Fsp3) is 0.533. The third kappa shape index (κ3) is 4.15. The summed E-state index contributed by atoms with van der Waals surface area (Å²) in [6.45, 7) is 6.90. The van der Waals surface area contributed by atoms with E-state index >= 15 is 0 Å². The normalized spacial score (nSPS) is 17.8. The van der Waals surface area contributed by atoms with Crippen molar-refractivity contribution in [3.8, 4) is 5.75 Å². The molecule has 1 aromatic rings. The molecule has 1 aromatic carbocycles. The summed E-state index contributed by atoms with van der Waals surface area (Å²) in [5.74, 6) is 0.688. The smallest absolute Gasteiger partial charge is 0.163 e. The van der Waals surface area contributed by atoms with E-state index in [2.05, 4.69) is 0 Å². The summed E-state index contributed by atoms with van der Waals surface area (Å²) in [6.07, 6.45) is 2.32. The first-order valence-corrected chi connectivity index (χ1v) is 6.62. The van der Waals surface area contributed by atoms with Gasteiger partial charge in [0.2, 0.25) is 0 Å². The molecule has 2 rings (SSSR count). The standard InChI is InChI=1S/C13H16O3.C2H6/c1-10(14)12-6-2-3-7-13(12)16-9-11-5-4-8-15-11;1-2/h2-3,6-7,11H,4-5,8-9H2,1H3;1-2H3. The Hall–Kier alpha value is -1.35. The average Bonchev–Trinajstić information content (AvgIpc) is 2.92. The van der Waals surface area contributed by atoms with Crippen molar-refractivity contribution in [3.05, 3.63) is 29.8 Å². The molecule has 1 saturated heterocycles. The van der Waals surface area contributed by atoms with Gasteiger partial charge in [0.25, 0.3) is 0 Å². The summed E-state index contributed by atoms with van der Waals surface area (Å²) in [4.78, 5) is 11.4. The number of hydrogen-bond acceptors (Lipinski definition) is 3. The summed E-state index contributed by atoms with van der Waals surface area (Å²) < 4.78 is 11.1. The quantitative estimate of drug-likeness (QED) is 0.767. The van der Waals surface area contributed by atoms with Gasteiger partial charge in [-0.05, 0) is 31.9 Å². The van der Waals surface area contributed by atoms with Gasteiger partial charge in [-0.25, -0.2) is 0 Å². The Bertz CT molecular complexity index is 368. The molecule has 1 fully saturated rings. The summed E-state index contributed by atoms with van der Waals surface area (Å²) >= 11 is 0. The molecule has 1 unspecified atom stereocenters. The van der Waals surface area contributed by atoms with E-state index in [1.54, 1.807) is 13.0 Å². The van der Waals surface area contributed by atoms with E-state index < -0.39 is 0 Å². The Labute approximate surface area is 109 Å².